The van der Waals surface area contributed by atoms with Gasteiger partial charge in [-0.05, 0) is 48.2 Å². The minimum Gasteiger partial charge on any atom is -0.493 e. The summed E-state index contributed by atoms with van der Waals surface area (Å²) in [4.78, 5) is 12.2. The van der Waals surface area contributed by atoms with Crippen molar-refractivity contribution in [2.75, 3.05) is 19.0 Å². The van der Waals surface area contributed by atoms with Crippen molar-refractivity contribution >= 4 is 17.7 Å². The van der Waals surface area contributed by atoms with Crippen molar-refractivity contribution in [2.24, 2.45) is 0 Å². The van der Waals surface area contributed by atoms with Crippen LogP contribution in [0.2, 0.25) is 0 Å². The predicted octanol–water partition coefficient (Wildman–Crippen LogP) is 5.48. The summed E-state index contributed by atoms with van der Waals surface area (Å²) < 4.78 is 11.2. The van der Waals surface area contributed by atoms with Crippen molar-refractivity contribution < 1.29 is 14.3 Å². The first-order valence-corrected chi connectivity index (χ1v) is 9.55. The summed E-state index contributed by atoms with van der Waals surface area (Å²) in [6.45, 7) is 4.91. The van der Waals surface area contributed by atoms with Gasteiger partial charge in [0.1, 0.15) is 0 Å². The van der Waals surface area contributed by atoms with Crippen LogP contribution in [0.4, 0.5) is 5.69 Å². The number of benzene rings is 2. The van der Waals surface area contributed by atoms with E-state index in [4.69, 9.17) is 9.47 Å². The van der Waals surface area contributed by atoms with Crippen molar-refractivity contribution in [2.45, 2.75) is 39.5 Å². The standard InChI is InChI=1S/C23H29NO3/c1-4-6-9-16-27-21-14-12-18(17-22(21)26-3)13-15-23(25)24-20-11-8-7-10-19(20)5-2/h7-8,10-15,17H,4-6,9,16H2,1-3H3,(H,24,25)/b15-13+. The number of carbonyl (C=O) groups is 1. The number of carbonyl (C=O) groups excluding carboxylic acids is 1. The maximum Gasteiger partial charge on any atom is 0.248 e. The lowest BCUT2D eigenvalue weighted by molar-refractivity contribution is -0.111. The minimum absolute atomic E-state index is 0.158. The van der Waals surface area contributed by atoms with Crippen molar-refractivity contribution in [1.29, 1.82) is 0 Å². The second-order valence-electron chi connectivity index (χ2n) is 6.30. The maximum absolute atomic E-state index is 12.2. The summed E-state index contributed by atoms with van der Waals surface area (Å²) in [6.07, 6.45) is 7.52. The van der Waals surface area contributed by atoms with E-state index in [9.17, 15) is 4.79 Å². The fraction of sp³-hybridized carbons (Fsp3) is 0.348. The van der Waals surface area contributed by atoms with Crippen molar-refractivity contribution in [3.8, 4) is 11.5 Å². The molecule has 0 bridgehead atoms. The molecule has 144 valence electrons. The van der Waals surface area contributed by atoms with Gasteiger partial charge in [0.05, 0.1) is 13.7 Å². The first-order valence-electron chi connectivity index (χ1n) is 9.55. The van der Waals surface area contributed by atoms with Gasteiger partial charge in [0, 0.05) is 11.8 Å². The quantitative estimate of drug-likeness (QED) is 0.447. The van der Waals surface area contributed by atoms with Crippen LogP contribution in [-0.4, -0.2) is 19.6 Å². The van der Waals surface area contributed by atoms with Crippen LogP contribution in [0.25, 0.3) is 6.08 Å². The lowest BCUT2D eigenvalue weighted by atomic mass is 10.1. The van der Waals surface area contributed by atoms with Crippen LogP contribution in [-0.2, 0) is 11.2 Å². The Morgan fingerprint density at radius 2 is 1.89 bits per heavy atom. The number of hydrogen-bond donors (Lipinski definition) is 1. The lowest BCUT2D eigenvalue weighted by Gasteiger charge is -2.11. The zero-order valence-corrected chi connectivity index (χ0v) is 16.5. The molecule has 0 saturated heterocycles. The van der Waals surface area contributed by atoms with Gasteiger partial charge >= 0.3 is 0 Å². The summed E-state index contributed by atoms with van der Waals surface area (Å²) in [7, 11) is 1.62. The van der Waals surface area contributed by atoms with Crippen LogP contribution in [0.3, 0.4) is 0 Å². The van der Waals surface area contributed by atoms with Gasteiger partial charge in [-0.3, -0.25) is 4.79 Å². The molecule has 2 rings (SSSR count). The Hall–Kier alpha value is -2.75. The lowest BCUT2D eigenvalue weighted by Crippen LogP contribution is -2.09. The van der Waals surface area contributed by atoms with Crippen LogP contribution < -0.4 is 14.8 Å². The molecule has 27 heavy (non-hydrogen) atoms. The minimum atomic E-state index is -0.158. The highest BCUT2D eigenvalue weighted by Gasteiger charge is 2.06. The molecule has 0 aliphatic heterocycles. The third-order valence-corrected chi connectivity index (χ3v) is 4.28. The fourth-order valence-electron chi connectivity index (χ4n) is 2.74. The number of rotatable bonds is 10. The molecular weight excluding hydrogens is 338 g/mol. The van der Waals surface area contributed by atoms with Crippen LogP contribution in [0.15, 0.2) is 48.5 Å². The fourth-order valence-corrected chi connectivity index (χ4v) is 2.74. The van der Waals surface area contributed by atoms with E-state index in [1.54, 1.807) is 13.2 Å². The Morgan fingerprint density at radius 3 is 2.63 bits per heavy atom. The molecule has 0 aliphatic rings. The number of anilines is 1. The van der Waals surface area contributed by atoms with Crippen LogP contribution in [0, 0.1) is 0 Å². The van der Waals surface area contributed by atoms with E-state index in [1.165, 1.54) is 6.08 Å². The average Bonchev–Trinajstić information content (AvgIpc) is 2.70. The van der Waals surface area contributed by atoms with Gasteiger partial charge in [-0.25, -0.2) is 0 Å². The molecule has 0 fully saturated rings. The topological polar surface area (TPSA) is 47.6 Å². The summed E-state index contributed by atoms with van der Waals surface area (Å²) in [5.74, 6) is 1.24. The van der Waals surface area contributed by atoms with Crippen molar-refractivity contribution in [1.82, 2.24) is 0 Å². The zero-order chi connectivity index (χ0) is 19.5. The summed E-state index contributed by atoms with van der Waals surface area (Å²) in [6, 6.07) is 13.5. The zero-order valence-electron chi connectivity index (χ0n) is 16.5. The molecule has 0 spiro atoms. The van der Waals surface area contributed by atoms with Gasteiger partial charge in [0.2, 0.25) is 5.91 Å². The van der Waals surface area contributed by atoms with E-state index in [-0.39, 0.29) is 5.91 Å². The highest BCUT2D eigenvalue weighted by Crippen LogP contribution is 2.28. The Balaban J connectivity index is 2.00. The molecule has 0 radical (unpaired) electrons. The third-order valence-electron chi connectivity index (χ3n) is 4.28. The van der Waals surface area contributed by atoms with Gasteiger partial charge in [-0.2, -0.15) is 0 Å². The molecule has 0 unspecified atom stereocenters. The third kappa shape index (κ3) is 6.48. The van der Waals surface area contributed by atoms with E-state index in [0.717, 1.165) is 48.2 Å². The highest BCUT2D eigenvalue weighted by molar-refractivity contribution is 6.02. The summed E-state index contributed by atoms with van der Waals surface area (Å²) >= 11 is 0. The Bertz CT molecular complexity index is 768. The number of unbranched alkanes of at least 4 members (excludes halogenated alkanes) is 2. The van der Waals surface area contributed by atoms with Gasteiger partial charge in [0.25, 0.3) is 0 Å². The molecule has 2 aromatic carbocycles. The number of para-hydroxylation sites is 1. The first kappa shape index (κ1) is 20.6. The van der Waals surface area contributed by atoms with E-state index >= 15 is 0 Å². The Morgan fingerprint density at radius 1 is 1.07 bits per heavy atom. The molecule has 4 nitrogen and oxygen atoms in total. The number of aryl methyl sites for hydroxylation is 1. The Labute approximate surface area is 162 Å². The van der Waals surface area contributed by atoms with Gasteiger partial charge in [-0.15, -0.1) is 0 Å². The number of hydrogen-bond acceptors (Lipinski definition) is 3. The molecule has 1 N–H and O–H groups in total. The number of nitrogens with one attached hydrogen (secondary N) is 1. The van der Waals surface area contributed by atoms with Crippen LogP contribution >= 0.6 is 0 Å². The number of amides is 1. The van der Waals surface area contributed by atoms with Crippen LogP contribution in [0.5, 0.6) is 11.5 Å². The maximum atomic E-state index is 12.2. The molecule has 0 heterocycles. The highest BCUT2D eigenvalue weighted by atomic mass is 16.5. The molecule has 4 heteroatoms. The molecule has 0 saturated carbocycles. The second-order valence-corrected chi connectivity index (χ2v) is 6.30. The monoisotopic (exact) mass is 367 g/mol. The van der Waals surface area contributed by atoms with Gasteiger partial charge < -0.3 is 14.8 Å². The van der Waals surface area contributed by atoms with Gasteiger partial charge in [-0.1, -0.05) is 51.0 Å². The SMILES string of the molecule is CCCCCOc1ccc(/C=C/C(=O)Nc2ccccc2CC)cc1OC. The van der Waals surface area contributed by atoms with E-state index in [1.807, 2.05) is 42.5 Å². The summed E-state index contributed by atoms with van der Waals surface area (Å²) in [5, 5.41) is 2.93. The molecule has 0 aliphatic carbocycles. The van der Waals surface area contributed by atoms with Gasteiger partial charge in [0.15, 0.2) is 11.5 Å². The van der Waals surface area contributed by atoms with E-state index < -0.39 is 0 Å². The summed E-state index contributed by atoms with van der Waals surface area (Å²) in [5.41, 5.74) is 2.85. The normalized spacial score (nSPS) is 10.8. The van der Waals surface area contributed by atoms with E-state index in [0.29, 0.717) is 12.4 Å². The second kappa shape index (κ2) is 11.1. The molecule has 2 aromatic rings. The smallest absolute Gasteiger partial charge is 0.248 e. The molecule has 1 amide bonds. The predicted molar refractivity (Wildman–Crippen MR) is 111 cm³/mol. The average molecular weight is 367 g/mol. The molecule has 0 aromatic heterocycles. The number of methoxy groups -OCH3 is 1. The molecule has 0 atom stereocenters. The largest absolute Gasteiger partial charge is 0.493 e. The number of ether oxygens (including phenoxy) is 2. The molecular formula is C23H29NO3. The first-order chi connectivity index (χ1) is 13.2. The van der Waals surface area contributed by atoms with Crippen molar-refractivity contribution in [3.05, 3.63) is 59.7 Å². The Kier molecular flexibility index (Phi) is 8.43. The van der Waals surface area contributed by atoms with E-state index in [2.05, 4.69) is 19.2 Å². The van der Waals surface area contributed by atoms with Crippen molar-refractivity contribution in [3.63, 3.8) is 0 Å². The van der Waals surface area contributed by atoms with Crippen LogP contribution in [0.1, 0.15) is 44.2 Å².